The Balaban J connectivity index is 2.03. The summed E-state index contributed by atoms with van der Waals surface area (Å²) in [4.78, 5) is 15.3. The lowest BCUT2D eigenvalue weighted by Crippen LogP contribution is -2.12. The third-order valence-corrected chi connectivity index (χ3v) is 1.87. The van der Waals surface area contributed by atoms with Crippen molar-refractivity contribution in [1.29, 1.82) is 0 Å². The van der Waals surface area contributed by atoms with Crippen LogP contribution in [0.1, 0.15) is 10.4 Å². The number of carbonyl (C=O) groups excluding carboxylic acids is 1. The summed E-state index contributed by atoms with van der Waals surface area (Å²) >= 11 is 0. The number of hydrogen-bond acceptors (Lipinski definition) is 3. The van der Waals surface area contributed by atoms with Crippen molar-refractivity contribution in [2.45, 2.75) is 6.10 Å². The van der Waals surface area contributed by atoms with E-state index in [1.54, 1.807) is 24.5 Å². The maximum absolute atomic E-state index is 11.5. The number of rotatable bonds is 2. The van der Waals surface area contributed by atoms with Crippen LogP contribution >= 0.6 is 0 Å². The zero-order valence-electron chi connectivity index (χ0n) is 7.46. The molecule has 0 atom stereocenters. The molecule has 3 nitrogen and oxygen atoms in total. The van der Waals surface area contributed by atoms with Gasteiger partial charge in [-0.3, -0.25) is 4.98 Å². The Morgan fingerprint density at radius 3 is 2.50 bits per heavy atom. The molecule has 0 N–H and O–H groups in total. The van der Waals surface area contributed by atoms with Crippen LogP contribution in [0.5, 0.6) is 0 Å². The van der Waals surface area contributed by atoms with E-state index >= 15 is 0 Å². The number of ether oxygens (including phenoxy) is 1. The molecule has 0 amide bonds. The van der Waals surface area contributed by atoms with Gasteiger partial charge in [-0.15, -0.1) is 0 Å². The highest BCUT2D eigenvalue weighted by Crippen LogP contribution is 2.08. The highest BCUT2D eigenvalue weighted by Gasteiger charge is 2.11. The van der Waals surface area contributed by atoms with Crippen molar-refractivity contribution in [3.05, 3.63) is 54.4 Å². The quantitative estimate of drug-likeness (QED) is 0.662. The van der Waals surface area contributed by atoms with Crippen LogP contribution in [0.3, 0.4) is 0 Å². The van der Waals surface area contributed by atoms with Crippen molar-refractivity contribution in [3.63, 3.8) is 0 Å². The molecular formula is C11H9NO2. The van der Waals surface area contributed by atoms with Gasteiger partial charge in [0.05, 0.1) is 5.56 Å². The number of carbonyl (C=O) groups is 1. The molecule has 0 radical (unpaired) electrons. The summed E-state index contributed by atoms with van der Waals surface area (Å²) in [7, 11) is 0. The van der Waals surface area contributed by atoms with E-state index in [-0.39, 0.29) is 12.1 Å². The van der Waals surface area contributed by atoms with Crippen LogP contribution in [0.15, 0.2) is 48.8 Å². The summed E-state index contributed by atoms with van der Waals surface area (Å²) in [5.41, 5.74) is 0.522. The molecule has 1 aromatic rings. The van der Waals surface area contributed by atoms with Crippen LogP contribution in [-0.2, 0) is 4.74 Å². The lowest BCUT2D eigenvalue weighted by atomic mass is 10.3. The first-order valence-electron chi connectivity index (χ1n) is 4.32. The predicted octanol–water partition coefficient (Wildman–Crippen LogP) is 1.73. The maximum atomic E-state index is 11.5. The van der Waals surface area contributed by atoms with Gasteiger partial charge in [0.25, 0.3) is 0 Å². The van der Waals surface area contributed by atoms with Gasteiger partial charge in [-0.2, -0.15) is 0 Å². The highest BCUT2D eigenvalue weighted by molar-refractivity contribution is 5.89. The van der Waals surface area contributed by atoms with E-state index in [1.165, 1.54) is 0 Å². The molecule has 0 fully saturated rings. The van der Waals surface area contributed by atoms with Crippen molar-refractivity contribution < 1.29 is 9.53 Å². The van der Waals surface area contributed by atoms with E-state index in [0.29, 0.717) is 5.56 Å². The standard InChI is InChI=1S/C11H9NO2/c13-11(9-5-7-12-8-6-9)14-10-3-1-2-4-10/h1-8,10H. The van der Waals surface area contributed by atoms with E-state index in [0.717, 1.165) is 0 Å². The lowest BCUT2D eigenvalue weighted by molar-refractivity contribution is 0.0466. The Hall–Kier alpha value is -1.90. The Kier molecular flexibility index (Phi) is 2.40. The number of allylic oxidation sites excluding steroid dienone is 2. The number of esters is 1. The summed E-state index contributed by atoms with van der Waals surface area (Å²) in [6.45, 7) is 0. The molecule has 0 saturated carbocycles. The Labute approximate surface area is 81.7 Å². The SMILES string of the molecule is O=C(OC1C=CC=C1)c1ccncc1. The van der Waals surface area contributed by atoms with Crippen molar-refractivity contribution in [1.82, 2.24) is 4.98 Å². The molecule has 0 aliphatic heterocycles. The molecule has 0 aromatic carbocycles. The number of hydrogen-bond donors (Lipinski definition) is 0. The van der Waals surface area contributed by atoms with Gasteiger partial charge in [0, 0.05) is 12.4 Å². The molecule has 14 heavy (non-hydrogen) atoms. The van der Waals surface area contributed by atoms with Crippen molar-refractivity contribution in [2.75, 3.05) is 0 Å². The van der Waals surface area contributed by atoms with Gasteiger partial charge in [-0.1, -0.05) is 12.2 Å². The second kappa shape index (κ2) is 3.87. The summed E-state index contributed by atoms with van der Waals surface area (Å²) in [5.74, 6) is -0.325. The summed E-state index contributed by atoms with van der Waals surface area (Å²) < 4.78 is 5.16. The summed E-state index contributed by atoms with van der Waals surface area (Å²) in [6.07, 6.45) is 10.2. The first kappa shape index (κ1) is 8.69. The van der Waals surface area contributed by atoms with Gasteiger partial charge in [0.1, 0.15) is 6.10 Å². The molecule has 2 rings (SSSR count). The lowest BCUT2D eigenvalue weighted by Gasteiger charge is -2.07. The Morgan fingerprint density at radius 2 is 1.86 bits per heavy atom. The average molecular weight is 187 g/mol. The largest absolute Gasteiger partial charge is 0.450 e. The van der Waals surface area contributed by atoms with Gasteiger partial charge >= 0.3 is 5.97 Å². The molecule has 1 aliphatic carbocycles. The fourth-order valence-corrected chi connectivity index (χ4v) is 1.17. The monoisotopic (exact) mass is 187 g/mol. The first-order valence-corrected chi connectivity index (χ1v) is 4.32. The first-order chi connectivity index (χ1) is 6.86. The second-order valence-electron chi connectivity index (χ2n) is 2.88. The van der Waals surface area contributed by atoms with E-state index in [9.17, 15) is 4.79 Å². The smallest absolute Gasteiger partial charge is 0.339 e. The van der Waals surface area contributed by atoms with E-state index in [2.05, 4.69) is 4.98 Å². The minimum absolute atomic E-state index is 0.226. The molecule has 1 heterocycles. The maximum Gasteiger partial charge on any atom is 0.339 e. The van der Waals surface area contributed by atoms with Gasteiger partial charge < -0.3 is 4.74 Å². The fraction of sp³-hybridized carbons (Fsp3) is 0.0909. The normalized spacial score (nSPS) is 14.6. The topological polar surface area (TPSA) is 39.2 Å². The Morgan fingerprint density at radius 1 is 1.21 bits per heavy atom. The summed E-state index contributed by atoms with van der Waals surface area (Å²) in [5, 5.41) is 0. The third kappa shape index (κ3) is 1.88. The fourth-order valence-electron chi connectivity index (χ4n) is 1.17. The van der Waals surface area contributed by atoms with Crippen molar-refractivity contribution in [3.8, 4) is 0 Å². The zero-order chi connectivity index (χ0) is 9.80. The molecule has 0 bridgehead atoms. The van der Waals surface area contributed by atoms with Crippen LogP contribution in [0, 0.1) is 0 Å². The van der Waals surface area contributed by atoms with Crippen LogP contribution in [0.2, 0.25) is 0 Å². The van der Waals surface area contributed by atoms with E-state index in [1.807, 2.05) is 24.3 Å². The van der Waals surface area contributed by atoms with Crippen LogP contribution in [0.4, 0.5) is 0 Å². The van der Waals surface area contributed by atoms with Gasteiger partial charge in [-0.25, -0.2) is 4.79 Å². The minimum Gasteiger partial charge on any atom is -0.450 e. The van der Waals surface area contributed by atoms with E-state index < -0.39 is 0 Å². The highest BCUT2D eigenvalue weighted by atomic mass is 16.5. The van der Waals surface area contributed by atoms with Crippen molar-refractivity contribution in [2.24, 2.45) is 0 Å². The van der Waals surface area contributed by atoms with Crippen LogP contribution < -0.4 is 0 Å². The number of aromatic nitrogens is 1. The summed E-state index contributed by atoms with van der Waals surface area (Å²) in [6, 6.07) is 3.26. The number of nitrogens with zero attached hydrogens (tertiary/aromatic N) is 1. The minimum atomic E-state index is -0.325. The predicted molar refractivity (Wildman–Crippen MR) is 51.7 cm³/mol. The Bertz CT molecular complexity index is 370. The van der Waals surface area contributed by atoms with Crippen molar-refractivity contribution >= 4 is 5.97 Å². The zero-order valence-corrected chi connectivity index (χ0v) is 7.46. The molecule has 0 unspecified atom stereocenters. The third-order valence-electron chi connectivity index (χ3n) is 1.87. The molecule has 70 valence electrons. The molecule has 0 spiro atoms. The van der Waals surface area contributed by atoms with Crippen LogP contribution in [-0.4, -0.2) is 17.1 Å². The number of pyridine rings is 1. The molecule has 3 heteroatoms. The molecule has 1 aliphatic rings. The van der Waals surface area contributed by atoms with E-state index in [4.69, 9.17) is 4.74 Å². The van der Waals surface area contributed by atoms with Gasteiger partial charge in [0.2, 0.25) is 0 Å². The molecule has 0 saturated heterocycles. The average Bonchev–Trinajstić information content (AvgIpc) is 2.72. The van der Waals surface area contributed by atoms with Gasteiger partial charge in [-0.05, 0) is 24.3 Å². The molecular weight excluding hydrogens is 178 g/mol. The van der Waals surface area contributed by atoms with Crippen LogP contribution in [0.25, 0.3) is 0 Å². The molecule has 1 aromatic heterocycles. The van der Waals surface area contributed by atoms with Gasteiger partial charge in [0.15, 0.2) is 0 Å². The second-order valence-corrected chi connectivity index (χ2v) is 2.88.